The summed E-state index contributed by atoms with van der Waals surface area (Å²) < 4.78 is 6.78. The molecule has 0 saturated carbocycles. The van der Waals surface area contributed by atoms with E-state index in [9.17, 15) is 4.79 Å². The number of esters is 1. The van der Waals surface area contributed by atoms with E-state index >= 15 is 0 Å². The van der Waals surface area contributed by atoms with E-state index < -0.39 is 0 Å². The van der Waals surface area contributed by atoms with Gasteiger partial charge in [-0.3, -0.25) is 4.68 Å². The van der Waals surface area contributed by atoms with Gasteiger partial charge in [-0.05, 0) is 61.2 Å². The van der Waals surface area contributed by atoms with Crippen LogP contribution >= 0.6 is 46.8 Å². The smallest absolute Gasteiger partial charge is 0.341 e. The predicted molar refractivity (Wildman–Crippen MR) is 130 cm³/mol. The van der Waals surface area contributed by atoms with Crippen molar-refractivity contribution in [1.29, 1.82) is 0 Å². The second kappa shape index (κ2) is 9.56. The molecule has 2 N–H and O–H groups in total. The fourth-order valence-electron chi connectivity index (χ4n) is 3.56. The van der Waals surface area contributed by atoms with Crippen LogP contribution in [0.5, 0.6) is 0 Å². The van der Waals surface area contributed by atoms with Crippen LogP contribution in [0.2, 0.25) is 10.0 Å². The number of thiocarbonyl (C=S) groups is 1. The normalized spacial score (nSPS) is 12.9. The first-order chi connectivity index (χ1) is 14.9. The van der Waals surface area contributed by atoms with Gasteiger partial charge in [-0.2, -0.15) is 5.10 Å². The molecule has 6 nitrogen and oxygen atoms in total. The number of aromatic nitrogens is 2. The molecule has 0 atom stereocenters. The number of benzene rings is 1. The number of carbonyl (C=O) groups is 1. The Labute approximate surface area is 199 Å². The number of halogens is 2. The largest absolute Gasteiger partial charge is 0.465 e. The highest BCUT2D eigenvalue weighted by atomic mass is 35.5. The number of rotatable bonds is 5. The van der Waals surface area contributed by atoms with E-state index in [4.69, 9.17) is 40.2 Å². The molecule has 4 rings (SSSR count). The monoisotopic (exact) mass is 494 g/mol. The Morgan fingerprint density at radius 3 is 2.81 bits per heavy atom. The molecule has 0 spiro atoms. The summed E-state index contributed by atoms with van der Waals surface area (Å²) in [5.41, 5.74) is 2.66. The highest BCUT2D eigenvalue weighted by molar-refractivity contribution is 7.80. The number of hydrogen-bond donors (Lipinski definition) is 2. The van der Waals surface area contributed by atoms with Crippen LogP contribution in [-0.2, 0) is 24.1 Å². The number of methoxy groups -OCH3 is 1. The van der Waals surface area contributed by atoms with Crippen LogP contribution in [0.15, 0.2) is 30.5 Å². The summed E-state index contributed by atoms with van der Waals surface area (Å²) in [6.07, 6.45) is 5.91. The zero-order valence-electron chi connectivity index (χ0n) is 16.7. The lowest BCUT2D eigenvalue weighted by Gasteiger charge is -2.12. The zero-order valence-corrected chi connectivity index (χ0v) is 19.9. The molecule has 0 unspecified atom stereocenters. The lowest BCUT2D eigenvalue weighted by molar-refractivity contribution is 0.0601. The van der Waals surface area contributed by atoms with Crippen LogP contribution in [0.1, 0.15) is 39.2 Å². The Kier molecular flexibility index (Phi) is 6.81. The summed E-state index contributed by atoms with van der Waals surface area (Å²) in [5, 5.41) is 12.8. The summed E-state index contributed by atoms with van der Waals surface area (Å²) in [6, 6.07) is 7.31. The SMILES string of the molecule is COC(=O)c1c(NC(=S)Nc2ccn(Cc3ccc(Cl)c(Cl)c3)n2)sc2c1CCCC2. The van der Waals surface area contributed by atoms with E-state index in [1.54, 1.807) is 22.1 Å². The van der Waals surface area contributed by atoms with Crippen molar-refractivity contribution in [2.24, 2.45) is 0 Å². The van der Waals surface area contributed by atoms with E-state index in [2.05, 4.69) is 15.7 Å². The minimum atomic E-state index is -0.337. The number of aryl methyl sites for hydroxylation is 1. The van der Waals surface area contributed by atoms with Crippen molar-refractivity contribution in [2.75, 3.05) is 17.7 Å². The van der Waals surface area contributed by atoms with Gasteiger partial charge >= 0.3 is 5.97 Å². The second-order valence-corrected chi connectivity index (χ2v) is 9.46. The van der Waals surface area contributed by atoms with Gasteiger partial charge in [0.25, 0.3) is 0 Å². The minimum absolute atomic E-state index is 0.337. The number of anilines is 2. The van der Waals surface area contributed by atoms with Gasteiger partial charge in [0, 0.05) is 17.1 Å². The summed E-state index contributed by atoms with van der Waals surface area (Å²) >= 11 is 19.1. The van der Waals surface area contributed by atoms with E-state index in [0.29, 0.717) is 38.1 Å². The van der Waals surface area contributed by atoms with Crippen molar-refractivity contribution in [3.05, 3.63) is 62.1 Å². The molecular formula is C21H20Cl2N4O2S2. The number of fused-ring (bicyclic) bond motifs is 1. The quantitative estimate of drug-likeness (QED) is 0.346. The fraction of sp³-hybridized carbons (Fsp3) is 0.286. The van der Waals surface area contributed by atoms with Gasteiger partial charge in [-0.25, -0.2) is 4.79 Å². The van der Waals surface area contributed by atoms with Crippen LogP contribution in [0.25, 0.3) is 0 Å². The summed E-state index contributed by atoms with van der Waals surface area (Å²) in [7, 11) is 1.40. The van der Waals surface area contributed by atoms with Crippen molar-refractivity contribution in [3.8, 4) is 0 Å². The molecule has 0 fully saturated rings. The van der Waals surface area contributed by atoms with Crippen LogP contribution in [0, 0.1) is 0 Å². The predicted octanol–water partition coefficient (Wildman–Crippen LogP) is 5.77. The first-order valence-corrected chi connectivity index (χ1v) is 11.7. The topological polar surface area (TPSA) is 68.2 Å². The first kappa shape index (κ1) is 22.1. The molecule has 2 heterocycles. The van der Waals surface area contributed by atoms with Crippen molar-refractivity contribution < 1.29 is 9.53 Å². The molecule has 1 aliphatic carbocycles. The molecular weight excluding hydrogens is 475 g/mol. The highest BCUT2D eigenvalue weighted by Gasteiger charge is 2.26. The van der Waals surface area contributed by atoms with Gasteiger partial charge in [0.05, 0.1) is 29.3 Å². The molecule has 0 aliphatic heterocycles. The minimum Gasteiger partial charge on any atom is -0.465 e. The first-order valence-electron chi connectivity index (χ1n) is 9.73. The lowest BCUT2D eigenvalue weighted by Crippen LogP contribution is -2.20. The molecule has 0 amide bonds. The summed E-state index contributed by atoms with van der Waals surface area (Å²) in [5.74, 6) is 0.258. The molecule has 2 aromatic heterocycles. The maximum absolute atomic E-state index is 12.4. The number of nitrogens with zero attached hydrogens (tertiary/aromatic N) is 2. The maximum Gasteiger partial charge on any atom is 0.341 e. The van der Waals surface area contributed by atoms with E-state index in [1.807, 2.05) is 24.4 Å². The maximum atomic E-state index is 12.4. The number of carbonyl (C=O) groups excluding carboxylic acids is 1. The van der Waals surface area contributed by atoms with Gasteiger partial charge in [-0.1, -0.05) is 29.3 Å². The van der Waals surface area contributed by atoms with E-state index in [-0.39, 0.29) is 5.97 Å². The number of nitrogens with one attached hydrogen (secondary N) is 2. The third-order valence-electron chi connectivity index (χ3n) is 5.00. The Balaban J connectivity index is 1.44. The van der Waals surface area contributed by atoms with Gasteiger partial charge in [-0.15, -0.1) is 11.3 Å². The molecule has 0 saturated heterocycles. The molecule has 31 heavy (non-hydrogen) atoms. The number of thiophene rings is 1. The average Bonchev–Trinajstić information content (AvgIpc) is 3.33. The third-order valence-corrected chi connectivity index (χ3v) is 7.15. The molecule has 0 radical (unpaired) electrons. The summed E-state index contributed by atoms with van der Waals surface area (Å²) in [4.78, 5) is 13.6. The Bertz CT molecular complexity index is 1140. The van der Waals surface area contributed by atoms with Crippen molar-refractivity contribution in [2.45, 2.75) is 32.2 Å². The molecule has 1 aromatic carbocycles. The summed E-state index contributed by atoms with van der Waals surface area (Å²) in [6.45, 7) is 0.545. The number of ether oxygens (including phenoxy) is 1. The molecule has 10 heteroatoms. The standard InChI is InChI=1S/C21H20Cl2N4O2S2/c1-29-20(28)18-13-4-2-3-5-16(13)31-19(18)25-21(30)24-17-8-9-27(26-17)11-12-6-7-14(22)15(23)10-12/h6-10H,2-5,11H2,1H3,(H2,24,25,26,30). The van der Waals surface area contributed by atoms with Crippen molar-refractivity contribution in [3.63, 3.8) is 0 Å². The zero-order chi connectivity index (χ0) is 22.0. The lowest BCUT2D eigenvalue weighted by atomic mass is 9.95. The van der Waals surface area contributed by atoms with Gasteiger partial charge in [0.1, 0.15) is 5.00 Å². The van der Waals surface area contributed by atoms with Crippen LogP contribution in [0.4, 0.5) is 10.8 Å². The average molecular weight is 495 g/mol. The fourth-order valence-corrected chi connectivity index (χ4v) is 5.44. The van der Waals surface area contributed by atoms with E-state index in [0.717, 1.165) is 36.8 Å². The van der Waals surface area contributed by atoms with E-state index in [1.165, 1.54) is 12.0 Å². The van der Waals surface area contributed by atoms with Crippen molar-refractivity contribution >= 4 is 68.7 Å². The van der Waals surface area contributed by atoms with Gasteiger partial charge in [0.2, 0.25) is 0 Å². The molecule has 1 aliphatic rings. The van der Waals surface area contributed by atoms with Crippen molar-refractivity contribution in [1.82, 2.24) is 9.78 Å². The molecule has 0 bridgehead atoms. The Hall–Kier alpha value is -2.13. The van der Waals surface area contributed by atoms with Gasteiger partial charge in [0.15, 0.2) is 10.9 Å². The Morgan fingerprint density at radius 1 is 1.23 bits per heavy atom. The third kappa shape index (κ3) is 5.03. The highest BCUT2D eigenvalue weighted by Crippen LogP contribution is 2.38. The second-order valence-electron chi connectivity index (χ2n) is 7.13. The van der Waals surface area contributed by atoms with Gasteiger partial charge < -0.3 is 15.4 Å². The molecule has 162 valence electrons. The van der Waals surface area contributed by atoms with Crippen LogP contribution in [0.3, 0.4) is 0 Å². The molecule has 3 aromatic rings. The van der Waals surface area contributed by atoms with Crippen LogP contribution < -0.4 is 10.6 Å². The Morgan fingerprint density at radius 2 is 2.03 bits per heavy atom. The van der Waals surface area contributed by atoms with Crippen LogP contribution in [-0.4, -0.2) is 28.0 Å². The number of hydrogen-bond acceptors (Lipinski definition) is 5.